The van der Waals surface area contributed by atoms with E-state index in [0.29, 0.717) is 0 Å². The van der Waals surface area contributed by atoms with Gasteiger partial charge in [-0.2, -0.15) is 0 Å². The molecule has 0 radical (unpaired) electrons. The van der Waals surface area contributed by atoms with Crippen molar-refractivity contribution < 1.29 is 4.63 Å². The summed E-state index contributed by atoms with van der Waals surface area (Å²) >= 11 is 0. The first-order valence-corrected chi connectivity index (χ1v) is 5.76. The van der Waals surface area contributed by atoms with Crippen LogP contribution in [0.4, 0.5) is 0 Å². The Morgan fingerprint density at radius 2 is 2.18 bits per heavy atom. The zero-order chi connectivity index (χ0) is 11.4. The number of hydrogen-bond donors (Lipinski definition) is 1. The molecular formula is C13H11N3O. The van der Waals surface area contributed by atoms with E-state index in [0.717, 1.165) is 35.4 Å². The second-order valence-electron chi connectivity index (χ2n) is 4.59. The molecule has 4 rings (SSSR count). The third-order valence-electron chi connectivity index (χ3n) is 3.47. The zero-order valence-electron chi connectivity index (χ0n) is 9.45. The highest BCUT2D eigenvalue weighted by Crippen LogP contribution is 2.35. The van der Waals surface area contributed by atoms with Crippen molar-refractivity contribution in [3.05, 3.63) is 35.0 Å². The van der Waals surface area contributed by atoms with Crippen LogP contribution in [-0.2, 0) is 12.8 Å². The number of aromatic nitrogens is 3. The van der Waals surface area contributed by atoms with Crippen molar-refractivity contribution in [2.24, 2.45) is 0 Å². The quantitative estimate of drug-likeness (QED) is 0.639. The third-order valence-corrected chi connectivity index (χ3v) is 3.47. The molecule has 1 aliphatic carbocycles. The van der Waals surface area contributed by atoms with Crippen molar-refractivity contribution in [2.75, 3.05) is 0 Å². The highest BCUT2D eigenvalue weighted by molar-refractivity contribution is 5.91. The molecule has 3 aromatic rings. The summed E-state index contributed by atoms with van der Waals surface area (Å²) in [5.74, 6) is 0. The molecule has 0 aliphatic heterocycles. The van der Waals surface area contributed by atoms with E-state index in [4.69, 9.17) is 4.63 Å². The second kappa shape index (κ2) is 2.97. The molecule has 84 valence electrons. The predicted molar refractivity (Wildman–Crippen MR) is 63.7 cm³/mol. The van der Waals surface area contributed by atoms with Crippen LogP contribution in [0.15, 0.2) is 22.8 Å². The van der Waals surface area contributed by atoms with Gasteiger partial charge in [-0.3, -0.25) is 0 Å². The summed E-state index contributed by atoms with van der Waals surface area (Å²) in [5, 5.41) is 9.24. The van der Waals surface area contributed by atoms with Crippen molar-refractivity contribution in [2.45, 2.75) is 19.8 Å². The van der Waals surface area contributed by atoms with Gasteiger partial charge in [0.2, 0.25) is 0 Å². The number of hydrogen-bond acceptors (Lipinski definition) is 3. The van der Waals surface area contributed by atoms with Crippen molar-refractivity contribution >= 4 is 10.9 Å². The van der Waals surface area contributed by atoms with Crippen molar-refractivity contribution in [3.8, 4) is 11.4 Å². The van der Waals surface area contributed by atoms with Gasteiger partial charge >= 0.3 is 0 Å². The molecule has 17 heavy (non-hydrogen) atoms. The van der Waals surface area contributed by atoms with E-state index in [2.05, 4.69) is 40.4 Å². The Labute approximate surface area is 97.6 Å². The largest absolute Gasteiger partial charge is 0.353 e. The maximum Gasteiger partial charge on any atom is 0.154 e. The molecule has 4 nitrogen and oxygen atoms in total. The number of benzene rings is 1. The minimum absolute atomic E-state index is 0.875. The van der Waals surface area contributed by atoms with Gasteiger partial charge in [0.05, 0.1) is 5.69 Å². The maximum atomic E-state index is 4.82. The molecule has 0 unspecified atom stereocenters. The second-order valence-corrected chi connectivity index (χ2v) is 4.59. The predicted octanol–water partition coefficient (Wildman–Crippen LogP) is 2.62. The number of nitrogens with zero attached hydrogens (tertiary/aromatic N) is 2. The smallest absolute Gasteiger partial charge is 0.154 e. The van der Waals surface area contributed by atoms with Crippen LogP contribution in [0.1, 0.15) is 16.8 Å². The molecule has 2 heterocycles. The minimum atomic E-state index is 0.875. The Morgan fingerprint density at radius 1 is 1.24 bits per heavy atom. The fourth-order valence-corrected chi connectivity index (χ4v) is 2.63. The molecule has 4 heteroatoms. The number of rotatable bonds is 0. The maximum absolute atomic E-state index is 4.82. The van der Waals surface area contributed by atoms with Gasteiger partial charge in [-0.25, -0.2) is 4.63 Å². The lowest BCUT2D eigenvalue weighted by atomic mass is 9.96. The van der Waals surface area contributed by atoms with Gasteiger partial charge in [0.1, 0.15) is 5.69 Å². The Hall–Kier alpha value is -2.10. The number of nitrogens with one attached hydrogen (secondary N) is 1. The third kappa shape index (κ3) is 1.12. The molecule has 1 aromatic carbocycles. The van der Waals surface area contributed by atoms with E-state index in [1.165, 1.54) is 16.5 Å². The average Bonchev–Trinajstić information content (AvgIpc) is 2.91. The minimum Gasteiger partial charge on any atom is -0.353 e. The molecule has 0 atom stereocenters. The van der Waals surface area contributed by atoms with E-state index >= 15 is 0 Å². The van der Waals surface area contributed by atoms with Gasteiger partial charge in [0.25, 0.3) is 0 Å². The molecule has 0 saturated carbocycles. The van der Waals surface area contributed by atoms with E-state index in [1.54, 1.807) is 0 Å². The van der Waals surface area contributed by atoms with Crippen LogP contribution >= 0.6 is 0 Å². The lowest BCUT2D eigenvalue weighted by molar-refractivity contribution is 0.304. The van der Waals surface area contributed by atoms with Crippen LogP contribution in [0, 0.1) is 6.92 Å². The summed E-state index contributed by atoms with van der Waals surface area (Å²) in [5.41, 5.74) is 6.70. The first-order valence-electron chi connectivity index (χ1n) is 5.76. The fourth-order valence-electron chi connectivity index (χ4n) is 2.63. The zero-order valence-corrected chi connectivity index (χ0v) is 9.45. The van der Waals surface area contributed by atoms with Gasteiger partial charge < -0.3 is 4.98 Å². The lowest BCUT2D eigenvalue weighted by Gasteiger charge is -2.08. The van der Waals surface area contributed by atoms with E-state index in [9.17, 15) is 0 Å². The van der Waals surface area contributed by atoms with Gasteiger partial charge in [-0.15, -0.1) is 0 Å². The first-order chi connectivity index (χ1) is 8.33. The molecule has 0 bridgehead atoms. The fraction of sp³-hybridized carbons (Fsp3) is 0.231. The molecule has 2 aromatic heterocycles. The van der Waals surface area contributed by atoms with E-state index in [1.807, 2.05) is 0 Å². The Bertz CT molecular complexity index is 723. The van der Waals surface area contributed by atoms with Gasteiger partial charge in [0.15, 0.2) is 5.69 Å². The lowest BCUT2D eigenvalue weighted by Crippen LogP contribution is -2.02. The van der Waals surface area contributed by atoms with E-state index < -0.39 is 0 Å². The van der Waals surface area contributed by atoms with Crippen LogP contribution < -0.4 is 0 Å². The summed E-state index contributed by atoms with van der Waals surface area (Å²) in [6.45, 7) is 2.12. The number of aryl methyl sites for hydroxylation is 3. The molecule has 0 saturated heterocycles. The van der Waals surface area contributed by atoms with Gasteiger partial charge in [0, 0.05) is 10.9 Å². The van der Waals surface area contributed by atoms with Crippen LogP contribution in [0.25, 0.3) is 22.3 Å². The Kier molecular flexibility index (Phi) is 1.57. The monoisotopic (exact) mass is 225 g/mol. The van der Waals surface area contributed by atoms with Crippen LogP contribution in [0.5, 0.6) is 0 Å². The topological polar surface area (TPSA) is 54.7 Å². The van der Waals surface area contributed by atoms with E-state index in [-0.39, 0.29) is 0 Å². The summed E-state index contributed by atoms with van der Waals surface area (Å²) in [7, 11) is 0. The average molecular weight is 225 g/mol. The molecule has 0 amide bonds. The molecule has 1 aliphatic rings. The van der Waals surface area contributed by atoms with Crippen LogP contribution in [-0.4, -0.2) is 15.3 Å². The molecule has 0 fully saturated rings. The van der Waals surface area contributed by atoms with Crippen molar-refractivity contribution in [1.82, 2.24) is 15.3 Å². The van der Waals surface area contributed by atoms with Crippen molar-refractivity contribution in [1.29, 1.82) is 0 Å². The summed E-state index contributed by atoms with van der Waals surface area (Å²) in [6, 6.07) is 6.46. The molecule has 1 N–H and O–H groups in total. The number of fused-ring (bicyclic) bond motifs is 5. The van der Waals surface area contributed by atoms with Gasteiger partial charge in [-0.1, -0.05) is 16.8 Å². The standard InChI is InChI=1S/C13H11N3O/c1-7-2-4-10-9(6-7)8-3-5-11-13(12(8)14-10)16-17-15-11/h2,4,6,14H,3,5H2,1H3. The normalized spacial score (nSPS) is 13.7. The summed E-state index contributed by atoms with van der Waals surface area (Å²) < 4.78 is 4.82. The van der Waals surface area contributed by atoms with Crippen molar-refractivity contribution in [3.63, 3.8) is 0 Å². The number of H-pyrrole nitrogens is 1. The Balaban J connectivity index is 2.10. The summed E-state index contributed by atoms with van der Waals surface area (Å²) in [6.07, 6.45) is 1.91. The SMILES string of the molecule is Cc1ccc2[nH]c3c(c2c1)CCc1nonc1-3. The molecular weight excluding hydrogens is 214 g/mol. The van der Waals surface area contributed by atoms with Crippen LogP contribution in [0.3, 0.4) is 0 Å². The number of aromatic amines is 1. The Morgan fingerprint density at radius 3 is 3.12 bits per heavy atom. The molecule has 0 spiro atoms. The van der Waals surface area contributed by atoms with Gasteiger partial charge in [-0.05, 0) is 42.6 Å². The van der Waals surface area contributed by atoms with Crippen LogP contribution in [0.2, 0.25) is 0 Å². The highest BCUT2D eigenvalue weighted by Gasteiger charge is 2.24. The highest BCUT2D eigenvalue weighted by atomic mass is 16.6. The first kappa shape index (κ1) is 8.98. The summed E-state index contributed by atoms with van der Waals surface area (Å²) in [4.78, 5) is 3.42.